The van der Waals surface area contributed by atoms with Crippen molar-refractivity contribution in [3.63, 3.8) is 0 Å². The molecule has 154 valence electrons. The molecule has 0 saturated carbocycles. The first-order valence-electron chi connectivity index (χ1n) is 9.47. The predicted molar refractivity (Wildman–Crippen MR) is 124 cm³/mol. The van der Waals surface area contributed by atoms with Crippen molar-refractivity contribution in [2.24, 2.45) is 0 Å². The van der Waals surface area contributed by atoms with Gasteiger partial charge in [-0.3, -0.25) is 4.79 Å². The maximum Gasteiger partial charge on any atom is 0.228 e. The lowest BCUT2D eigenvalue weighted by Gasteiger charge is -2.17. The molecule has 0 saturated heterocycles. The molecule has 0 aliphatic rings. The standard InChI is InChI=1S/C22H21ClN4OS2/c1-14-18(15(2)27(25-14)17-7-5-4-6-8-17)12-26(3)21(28)11-16-13-29-22(24-16)19-9-10-20(23)30-19/h4-10,13H,11-12H2,1-3H3. The fraction of sp³-hybridized carbons (Fsp3) is 0.227. The van der Waals surface area contributed by atoms with E-state index in [1.54, 1.807) is 4.90 Å². The number of carbonyl (C=O) groups is 1. The predicted octanol–water partition coefficient (Wildman–Crippen LogP) is 5.53. The molecule has 0 bridgehead atoms. The maximum atomic E-state index is 12.8. The molecule has 3 aromatic heterocycles. The Hall–Kier alpha value is -2.48. The van der Waals surface area contributed by atoms with Gasteiger partial charge in [-0.05, 0) is 38.1 Å². The van der Waals surface area contributed by atoms with Gasteiger partial charge in [-0.1, -0.05) is 29.8 Å². The zero-order valence-electron chi connectivity index (χ0n) is 16.9. The SMILES string of the molecule is Cc1nn(-c2ccccc2)c(C)c1CN(C)C(=O)Cc1csc(-c2ccc(Cl)s2)n1. The number of carbonyl (C=O) groups excluding carboxylic acids is 1. The molecule has 1 amide bonds. The maximum absolute atomic E-state index is 12.8. The van der Waals surface area contributed by atoms with Crippen LogP contribution in [0.5, 0.6) is 0 Å². The number of thiazole rings is 1. The molecule has 0 unspecified atom stereocenters. The minimum absolute atomic E-state index is 0.0299. The van der Waals surface area contributed by atoms with E-state index in [2.05, 4.69) is 10.1 Å². The number of para-hydroxylation sites is 1. The topological polar surface area (TPSA) is 51.0 Å². The summed E-state index contributed by atoms with van der Waals surface area (Å²) in [6, 6.07) is 13.8. The number of aryl methyl sites for hydroxylation is 1. The minimum Gasteiger partial charge on any atom is -0.341 e. The van der Waals surface area contributed by atoms with Gasteiger partial charge in [0.1, 0.15) is 5.01 Å². The Morgan fingerprint density at radius 1 is 1.17 bits per heavy atom. The van der Waals surface area contributed by atoms with Gasteiger partial charge in [-0.2, -0.15) is 5.10 Å². The molecular formula is C22H21ClN4OS2. The highest BCUT2D eigenvalue weighted by Gasteiger charge is 2.18. The molecule has 0 aliphatic heterocycles. The largest absolute Gasteiger partial charge is 0.341 e. The highest BCUT2D eigenvalue weighted by molar-refractivity contribution is 7.23. The summed E-state index contributed by atoms with van der Waals surface area (Å²) < 4.78 is 2.67. The zero-order chi connectivity index (χ0) is 21.3. The Balaban J connectivity index is 1.45. The van der Waals surface area contributed by atoms with Crippen molar-refractivity contribution in [3.05, 3.63) is 74.8 Å². The molecule has 4 rings (SSSR count). The van der Waals surface area contributed by atoms with Crippen molar-refractivity contribution in [2.45, 2.75) is 26.8 Å². The van der Waals surface area contributed by atoms with Gasteiger partial charge in [0.15, 0.2) is 0 Å². The van der Waals surface area contributed by atoms with E-state index in [4.69, 9.17) is 11.6 Å². The lowest BCUT2D eigenvalue weighted by Crippen LogP contribution is -2.28. The molecule has 0 spiro atoms. The van der Waals surface area contributed by atoms with Gasteiger partial charge in [0.2, 0.25) is 5.91 Å². The fourth-order valence-electron chi connectivity index (χ4n) is 3.27. The normalized spacial score (nSPS) is 11.1. The highest BCUT2D eigenvalue weighted by atomic mass is 35.5. The molecule has 30 heavy (non-hydrogen) atoms. The van der Waals surface area contributed by atoms with Crippen LogP contribution >= 0.6 is 34.3 Å². The van der Waals surface area contributed by atoms with Gasteiger partial charge in [-0.25, -0.2) is 9.67 Å². The van der Waals surface area contributed by atoms with Crippen LogP contribution in [0.3, 0.4) is 0 Å². The van der Waals surface area contributed by atoms with Crippen LogP contribution in [0, 0.1) is 13.8 Å². The first-order chi connectivity index (χ1) is 14.4. The van der Waals surface area contributed by atoms with E-state index in [0.717, 1.165) is 42.6 Å². The Morgan fingerprint density at radius 2 is 1.93 bits per heavy atom. The van der Waals surface area contributed by atoms with Crippen LogP contribution in [-0.4, -0.2) is 32.6 Å². The Bertz CT molecular complexity index is 1180. The van der Waals surface area contributed by atoms with Crippen molar-refractivity contribution < 1.29 is 4.79 Å². The quantitative estimate of drug-likeness (QED) is 0.383. The van der Waals surface area contributed by atoms with E-state index in [1.807, 2.05) is 73.4 Å². The molecular weight excluding hydrogens is 436 g/mol. The molecule has 1 aromatic carbocycles. The summed E-state index contributed by atoms with van der Waals surface area (Å²) in [6.45, 7) is 4.54. The average Bonchev–Trinajstić information content (AvgIpc) is 3.44. The molecule has 4 aromatic rings. The summed E-state index contributed by atoms with van der Waals surface area (Å²) in [4.78, 5) is 20.2. The fourth-order valence-corrected chi connectivity index (χ4v) is 5.20. The number of likely N-dealkylation sites (N-methyl/N-ethyl adjacent to an activating group) is 1. The van der Waals surface area contributed by atoms with Crippen LogP contribution in [0.15, 0.2) is 47.8 Å². The number of hydrogen-bond acceptors (Lipinski definition) is 5. The highest BCUT2D eigenvalue weighted by Crippen LogP contribution is 2.33. The number of benzene rings is 1. The molecule has 0 fully saturated rings. The van der Waals surface area contributed by atoms with Crippen molar-refractivity contribution in [2.75, 3.05) is 7.05 Å². The number of rotatable bonds is 6. The zero-order valence-corrected chi connectivity index (χ0v) is 19.3. The van der Waals surface area contributed by atoms with E-state index in [0.29, 0.717) is 6.54 Å². The minimum atomic E-state index is 0.0299. The summed E-state index contributed by atoms with van der Waals surface area (Å²) in [5.74, 6) is 0.0299. The molecule has 0 atom stereocenters. The second-order valence-electron chi connectivity index (χ2n) is 7.07. The monoisotopic (exact) mass is 456 g/mol. The van der Waals surface area contributed by atoms with E-state index in [9.17, 15) is 4.79 Å². The average molecular weight is 457 g/mol. The molecule has 0 radical (unpaired) electrons. The van der Waals surface area contributed by atoms with Crippen LogP contribution in [0.4, 0.5) is 0 Å². The number of nitrogens with zero attached hydrogens (tertiary/aromatic N) is 4. The van der Waals surface area contributed by atoms with E-state index in [1.165, 1.54) is 22.7 Å². The molecule has 8 heteroatoms. The van der Waals surface area contributed by atoms with Gasteiger partial charge in [-0.15, -0.1) is 22.7 Å². The number of hydrogen-bond donors (Lipinski definition) is 0. The third kappa shape index (κ3) is 4.33. The number of halogens is 1. The third-order valence-electron chi connectivity index (χ3n) is 4.93. The summed E-state index contributed by atoms with van der Waals surface area (Å²) >= 11 is 9.04. The second kappa shape index (κ2) is 8.71. The third-order valence-corrected chi connectivity index (χ3v) is 7.22. The summed E-state index contributed by atoms with van der Waals surface area (Å²) in [5.41, 5.74) is 4.85. The van der Waals surface area contributed by atoms with Crippen LogP contribution in [0.25, 0.3) is 15.6 Å². The summed E-state index contributed by atoms with van der Waals surface area (Å²) in [6.07, 6.45) is 0.275. The van der Waals surface area contributed by atoms with E-state index < -0.39 is 0 Å². The van der Waals surface area contributed by atoms with Crippen molar-refractivity contribution >= 4 is 40.2 Å². The van der Waals surface area contributed by atoms with Crippen molar-refractivity contribution in [1.82, 2.24) is 19.7 Å². The first kappa shape index (κ1) is 20.8. The van der Waals surface area contributed by atoms with Crippen molar-refractivity contribution in [1.29, 1.82) is 0 Å². The Kier molecular flexibility index (Phi) is 6.04. The van der Waals surface area contributed by atoms with E-state index >= 15 is 0 Å². The first-order valence-corrected chi connectivity index (χ1v) is 11.5. The summed E-state index contributed by atoms with van der Waals surface area (Å²) in [7, 11) is 1.83. The molecule has 3 heterocycles. The number of thiophene rings is 1. The van der Waals surface area contributed by atoms with Gasteiger partial charge in [0.25, 0.3) is 0 Å². The lowest BCUT2D eigenvalue weighted by molar-refractivity contribution is -0.129. The van der Waals surface area contributed by atoms with Crippen LogP contribution in [0.1, 0.15) is 22.6 Å². The van der Waals surface area contributed by atoms with Gasteiger partial charge in [0, 0.05) is 30.2 Å². The smallest absolute Gasteiger partial charge is 0.228 e. The Labute approximate surface area is 188 Å². The van der Waals surface area contributed by atoms with Gasteiger partial charge >= 0.3 is 0 Å². The van der Waals surface area contributed by atoms with E-state index in [-0.39, 0.29) is 12.3 Å². The Morgan fingerprint density at radius 3 is 2.63 bits per heavy atom. The number of amides is 1. The van der Waals surface area contributed by atoms with Crippen molar-refractivity contribution in [3.8, 4) is 15.6 Å². The van der Waals surface area contributed by atoms with Crippen LogP contribution < -0.4 is 0 Å². The molecule has 5 nitrogen and oxygen atoms in total. The van der Waals surface area contributed by atoms with Crippen LogP contribution in [-0.2, 0) is 17.8 Å². The molecule has 0 aliphatic carbocycles. The van der Waals surface area contributed by atoms with Crippen LogP contribution in [0.2, 0.25) is 4.34 Å². The second-order valence-corrected chi connectivity index (χ2v) is 9.64. The van der Waals surface area contributed by atoms with Gasteiger partial charge in [0.05, 0.1) is 32.7 Å². The molecule has 0 N–H and O–H groups in total. The number of aromatic nitrogens is 3. The summed E-state index contributed by atoms with van der Waals surface area (Å²) in [5, 5.41) is 7.51. The van der Waals surface area contributed by atoms with Gasteiger partial charge < -0.3 is 4.90 Å². The lowest BCUT2D eigenvalue weighted by atomic mass is 10.1.